The van der Waals surface area contributed by atoms with Gasteiger partial charge in [0.1, 0.15) is 5.75 Å². The molecule has 0 saturated heterocycles. The number of ether oxygens (including phenoxy) is 2. The standard InChI is InChI=1S/C24H32F2O5/c1-2-30-23(29)13-9-4-3-8-12-19-20(22(28)16-21(19)27)14-15-24(25,26)17-31-18-10-6-5-7-11-18/h3,5-8,10-11,14-15,19-22,27-28H,2,4,9,12-13,16-17H2,1H3/t19-,20-,21+,22-/m1/s1. The first-order valence-corrected chi connectivity index (χ1v) is 10.7. The topological polar surface area (TPSA) is 76.0 Å². The summed E-state index contributed by atoms with van der Waals surface area (Å²) in [6, 6.07) is 8.38. The van der Waals surface area contributed by atoms with E-state index in [-0.39, 0.29) is 18.3 Å². The van der Waals surface area contributed by atoms with E-state index < -0.39 is 30.7 Å². The van der Waals surface area contributed by atoms with E-state index in [9.17, 15) is 23.8 Å². The first-order chi connectivity index (χ1) is 14.8. The number of benzene rings is 1. The number of aliphatic hydroxyl groups excluding tert-OH is 2. The largest absolute Gasteiger partial charge is 0.487 e. The van der Waals surface area contributed by atoms with Crippen LogP contribution in [0.15, 0.2) is 54.6 Å². The molecule has 0 spiro atoms. The Labute approximate surface area is 182 Å². The smallest absolute Gasteiger partial charge is 0.305 e. The van der Waals surface area contributed by atoms with Gasteiger partial charge in [0.05, 0.1) is 18.8 Å². The zero-order chi connectivity index (χ0) is 22.7. The third kappa shape index (κ3) is 8.79. The average Bonchev–Trinajstić information content (AvgIpc) is 3.01. The van der Waals surface area contributed by atoms with Gasteiger partial charge >= 0.3 is 5.97 Å². The van der Waals surface area contributed by atoms with Crippen LogP contribution in [0.4, 0.5) is 8.78 Å². The molecule has 1 aliphatic carbocycles. The number of hydrogen-bond donors (Lipinski definition) is 2. The van der Waals surface area contributed by atoms with Gasteiger partial charge in [0, 0.05) is 18.8 Å². The van der Waals surface area contributed by atoms with Gasteiger partial charge in [-0.2, -0.15) is 8.78 Å². The maximum Gasteiger partial charge on any atom is 0.305 e. The number of carbonyl (C=O) groups is 1. The lowest BCUT2D eigenvalue weighted by molar-refractivity contribution is -0.143. The fourth-order valence-electron chi connectivity index (χ4n) is 3.67. The van der Waals surface area contributed by atoms with E-state index >= 15 is 0 Å². The summed E-state index contributed by atoms with van der Waals surface area (Å²) in [7, 11) is 0. The van der Waals surface area contributed by atoms with Crippen molar-refractivity contribution in [2.24, 2.45) is 11.8 Å². The number of allylic oxidation sites excluding steroid dienone is 2. The highest BCUT2D eigenvalue weighted by Gasteiger charge is 2.40. The molecule has 0 aromatic heterocycles. The van der Waals surface area contributed by atoms with Crippen LogP contribution in [0.1, 0.15) is 39.0 Å². The van der Waals surface area contributed by atoms with E-state index in [0.717, 1.165) is 6.08 Å². The number of carbonyl (C=O) groups excluding carboxylic acids is 1. The highest BCUT2D eigenvalue weighted by Crippen LogP contribution is 2.37. The zero-order valence-corrected chi connectivity index (χ0v) is 17.8. The minimum absolute atomic E-state index is 0.155. The van der Waals surface area contributed by atoms with Gasteiger partial charge in [-0.1, -0.05) is 36.4 Å². The number of alkyl halides is 2. The molecule has 0 heterocycles. The maximum absolute atomic E-state index is 14.2. The molecule has 1 saturated carbocycles. The molecule has 0 amide bonds. The summed E-state index contributed by atoms with van der Waals surface area (Å²) in [5.41, 5.74) is 0. The van der Waals surface area contributed by atoms with E-state index in [1.165, 1.54) is 6.08 Å². The Balaban J connectivity index is 1.84. The predicted octanol–water partition coefficient (Wildman–Crippen LogP) is 4.29. The number of para-hydroxylation sites is 1. The first kappa shape index (κ1) is 25.0. The Hall–Kier alpha value is -2.25. The van der Waals surface area contributed by atoms with Crippen molar-refractivity contribution < 1.29 is 33.3 Å². The van der Waals surface area contributed by atoms with E-state index in [1.54, 1.807) is 37.3 Å². The molecule has 1 aromatic rings. The van der Waals surface area contributed by atoms with Crippen LogP contribution in [0.25, 0.3) is 0 Å². The maximum atomic E-state index is 14.2. The van der Waals surface area contributed by atoms with Gasteiger partial charge in [-0.25, -0.2) is 0 Å². The van der Waals surface area contributed by atoms with Crippen LogP contribution in [0.3, 0.4) is 0 Å². The van der Waals surface area contributed by atoms with E-state index in [2.05, 4.69) is 0 Å². The second-order valence-corrected chi connectivity index (χ2v) is 7.74. The Kier molecular flexibility index (Phi) is 10.1. The Bertz CT molecular complexity index is 720. The SMILES string of the molecule is CCOC(=O)CCCC=CC[C@@H]1[C@@H](C=CC(F)(F)COc2ccccc2)[C@H](O)C[C@@H]1O. The summed E-state index contributed by atoms with van der Waals surface area (Å²) >= 11 is 0. The fourth-order valence-corrected chi connectivity index (χ4v) is 3.67. The van der Waals surface area contributed by atoms with Crippen LogP contribution in [-0.2, 0) is 9.53 Å². The molecule has 2 rings (SSSR count). The molecule has 0 bridgehead atoms. The molecular weight excluding hydrogens is 406 g/mol. The molecule has 0 aliphatic heterocycles. The van der Waals surface area contributed by atoms with Crippen LogP contribution < -0.4 is 4.74 Å². The van der Waals surface area contributed by atoms with Crippen LogP contribution in [0.2, 0.25) is 0 Å². The van der Waals surface area contributed by atoms with Crippen LogP contribution in [0, 0.1) is 11.8 Å². The summed E-state index contributed by atoms with van der Waals surface area (Å²) in [6.45, 7) is 1.32. The summed E-state index contributed by atoms with van der Waals surface area (Å²) in [4.78, 5) is 11.3. The summed E-state index contributed by atoms with van der Waals surface area (Å²) in [6.07, 6.45) is 6.49. The van der Waals surface area contributed by atoms with Gasteiger partial charge in [0.2, 0.25) is 0 Å². The highest BCUT2D eigenvalue weighted by atomic mass is 19.3. The average molecular weight is 439 g/mol. The molecule has 31 heavy (non-hydrogen) atoms. The van der Waals surface area contributed by atoms with Crippen LogP contribution in [-0.4, -0.2) is 47.5 Å². The molecule has 0 radical (unpaired) electrons. The summed E-state index contributed by atoms with van der Waals surface area (Å²) < 4.78 is 38.4. The van der Waals surface area contributed by atoms with Crippen molar-refractivity contribution in [2.45, 2.75) is 57.2 Å². The van der Waals surface area contributed by atoms with Gasteiger partial charge < -0.3 is 19.7 Å². The lowest BCUT2D eigenvalue weighted by Crippen LogP contribution is -2.25. The van der Waals surface area contributed by atoms with Crippen molar-refractivity contribution in [2.75, 3.05) is 13.2 Å². The van der Waals surface area contributed by atoms with Crippen molar-refractivity contribution in [1.29, 1.82) is 0 Å². The summed E-state index contributed by atoms with van der Waals surface area (Å²) in [5.74, 6) is -3.98. The van der Waals surface area contributed by atoms with E-state index in [4.69, 9.17) is 9.47 Å². The second kappa shape index (κ2) is 12.6. The quantitative estimate of drug-likeness (QED) is 0.289. The van der Waals surface area contributed by atoms with Crippen molar-refractivity contribution in [3.63, 3.8) is 0 Å². The molecule has 7 heteroatoms. The van der Waals surface area contributed by atoms with Crippen molar-refractivity contribution in [3.05, 3.63) is 54.6 Å². The minimum atomic E-state index is -3.20. The predicted molar refractivity (Wildman–Crippen MR) is 114 cm³/mol. The Morgan fingerprint density at radius 1 is 1.19 bits per heavy atom. The lowest BCUT2D eigenvalue weighted by Gasteiger charge is -2.20. The minimum Gasteiger partial charge on any atom is -0.487 e. The monoisotopic (exact) mass is 438 g/mol. The molecule has 2 N–H and O–H groups in total. The normalized spacial score (nSPS) is 24.2. The third-order valence-corrected chi connectivity index (χ3v) is 5.28. The van der Waals surface area contributed by atoms with E-state index in [0.29, 0.717) is 38.0 Å². The Morgan fingerprint density at radius 2 is 1.94 bits per heavy atom. The molecule has 0 unspecified atom stereocenters. The number of esters is 1. The molecule has 1 aromatic carbocycles. The molecule has 1 fully saturated rings. The number of unbranched alkanes of at least 4 members (excludes halogenated alkanes) is 1. The van der Waals surface area contributed by atoms with Crippen molar-refractivity contribution >= 4 is 5.97 Å². The lowest BCUT2D eigenvalue weighted by atomic mass is 9.89. The van der Waals surface area contributed by atoms with Gasteiger partial charge in [-0.15, -0.1) is 0 Å². The third-order valence-electron chi connectivity index (χ3n) is 5.28. The number of aliphatic hydroxyl groups is 2. The van der Waals surface area contributed by atoms with Gasteiger partial charge in [-0.05, 0) is 50.3 Å². The first-order valence-electron chi connectivity index (χ1n) is 10.7. The molecule has 1 aliphatic rings. The molecule has 5 nitrogen and oxygen atoms in total. The fraction of sp³-hybridized carbons (Fsp3) is 0.542. The molecular formula is C24H32F2O5. The highest BCUT2D eigenvalue weighted by molar-refractivity contribution is 5.69. The molecule has 172 valence electrons. The number of hydrogen-bond acceptors (Lipinski definition) is 5. The van der Waals surface area contributed by atoms with Gasteiger partial charge in [0.25, 0.3) is 5.92 Å². The van der Waals surface area contributed by atoms with Crippen molar-refractivity contribution in [3.8, 4) is 5.75 Å². The Morgan fingerprint density at radius 3 is 2.65 bits per heavy atom. The molecule has 4 atom stereocenters. The van der Waals surface area contributed by atoms with Crippen molar-refractivity contribution in [1.82, 2.24) is 0 Å². The zero-order valence-electron chi connectivity index (χ0n) is 17.8. The number of rotatable bonds is 12. The second-order valence-electron chi connectivity index (χ2n) is 7.74. The van der Waals surface area contributed by atoms with Crippen LogP contribution in [0.5, 0.6) is 5.75 Å². The van der Waals surface area contributed by atoms with Gasteiger partial charge in [0.15, 0.2) is 6.61 Å². The number of halogens is 2. The van der Waals surface area contributed by atoms with Crippen LogP contribution >= 0.6 is 0 Å². The van der Waals surface area contributed by atoms with E-state index in [1.807, 2.05) is 12.2 Å². The summed E-state index contributed by atoms with van der Waals surface area (Å²) in [5, 5.41) is 20.5. The van der Waals surface area contributed by atoms with Gasteiger partial charge in [-0.3, -0.25) is 4.79 Å².